The minimum atomic E-state index is -0.244. The van der Waals surface area contributed by atoms with Gasteiger partial charge in [-0.25, -0.2) is 8.78 Å². The highest BCUT2D eigenvalue weighted by molar-refractivity contribution is 5.38. The van der Waals surface area contributed by atoms with Crippen molar-refractivity contribution in [2.45, 2.75) is 52.5 Å². The summed E-state index contributed by atoms with van der Waals surface area (Å²) >= 11 is 0. The molecule has 0 heterocycles. The van der Waals surface area contributed by atoms with E-state index in [-0.39, 0.29) is 17.7 Å². The normalized spacial score (nSPS) is 23.0. The molecule has 0 amide bonds. The maximum Gasteiger partial charge on any atom is 0.131 e. The van der Waals surface area contributed by atoms with Crippen LogP contribution in [0, 0.1) is 24.5 Å². The van der Waals surface area contributed by atoms with Crippen molar-refractivity contribution in [1.29, 1.82) is 0 Å². The van der Waals surface area contributed by atoms with E-state index in [0.29, 0.717) is 29.0 Å². The average molecular weight is 267 g/mol. The lowest BCUT2D eigenvalue weighted by Crippen LogP contribution is -2.25. The van der Waals surface area contributed by atoms with Gasteiger partial charge in [0.1, 0.15) is 11.6 Å². The van der Waals surface area contributed by atoms with Crippen LogP contribution in [0.25, 0.3) is 0 Å². The molecule has 0 saturated heterocycles. The van der Waals surface area contributed by atoms with Gasteiger partial charge in [0, 0.05) is 11.6 Å². The van der Waals surface area contributed by atoms with Crippen LogP contribution in [0.4, 0.5) is 8.78 Å². The van der Waals surface area contributed by atoms with E-state index in [9.17, 15) is 8.78 Å². The van der Waals surface area contributed by atoms with Gasteiger partial charge in [-0.05, 0) is 62.3 Å². The van der Waals surface area contributed by atoms with Crippen molar-refractivity contribution in [3.63, 3.8) is 0 Å². The van der Waals surface area contributed by atoms with Crippen LogP contribution in [-0.2, 0) is 6.42 Å². The first-order valence-electron chi connectivity index (χ1n) is 7.25. The Morgan fingerprint density at radius 1 is 1.37 bits per heavy atom. The van der Waals surface area contributed by atoms with Crippen LogP contribution in [0.1, 0.15) is 55.8 Å². The molecule has 1 aliphatic carbocycles. The van der Waals surface area contributed by atoms with Gasteiger partial charge in [0.15, 0.2) is 0 Å². The van der Waals surface area contributed by atoms with Gasteiger partial charge < -0.3 is 5.32 Å². The minimum absolute atomic E-state index is 0.0538. The summed E-state index contributed by atoms with van der Waals surface area (Å²) in [7, 11) is 0. The molecule has 0 fully saturated rings. The lowest BCUT2D eigenvalue weighted by Gasteiger charge is -2.22. The Balaban J connectivity index is 2.47. The number of rotatable bonds is 3. The first-order valence-corrected chi connectivity index (χ1v) is 7.25. The van der Waals surface area contributed by atoms with Gasteiger partial charge in [-0.1, -0.05) is 13.8 Å². The van der Waals surface area contributed by atoms with Crippen LogP contribution in [0.2, 0.25) is 0 Å². The molecule has 1 aromatic carbocycles. The van der Waals surface area contributed by atoms with Crippen LogP contribution in [-0.4, -0.2) is 6.54 Å². The molecule has 0 bridgehead atoms. The van der Waals surface area contributed by atoms with E-state index in [4.69, 9.17) is 0 Å². The van der Waals surface area contributed by atoms with Crippen molar-refractivity contribution in [1.82, 2.24) is 5.32 Å². The molecular formula is C16H23F2N. The third-order valence-corrected chi connectivity index (χ3v) is 4.05. The summed E-state index contributed by atoms with van der Waals surface area (Å²) in [5.41, 5.74) is 1.57. The summed E-state index contributed by atoms with van der Waals surface area (Å²) in [6.45, 7) is 6.73. The van der Waals surface area contributed by atoms with Crippen LogP contribution >= 0.6 is 0 Å². The molecule has 0 radical (unpaired) electrons. The maximum atomic E-state index is 14.4. The van der Waals surface area contributed by atoms with Gasteiger partial charge in [0.25, 0.3) is 0 Å². The van der Waals surface area contributed by atoms with E-state index in [2.05, 4.69) is 19.2 Å². The molecule has 1 nitrogen and oxygen atoms in total. The van der Waals surface area contributed by atoms with Crippen molar-refractivity contribution in [2.24, 2.45) is 5.92 Å². The largest absolute Gasteiger partial charge is 0.310 e. The van der Waals surface area contributed by atoms with Crippen LogP contribution in [0.15, 0.2) is 6.07 Å². The van der Waals surface area contributed by atoms with E-state index in [1.807, 2.05) is 0 Å². The SMILES string of the molecule is CCCNC1CC(C)CCc2c(F)cc(C)c(F)c21. The van der Waals surface area contributed by atoms with Crippen LogP contribution < -0.4 is 5.32 Å². The second kappa shape index (κ2) is 6.00. The molecule has 19 heavy (non-hydrogen) atoms. The summed E-state index contributed by atoms with van der Waals surface area (Å²) in [4.78, 5) is 0. The Hall–Kier alpha value is -0.960. The number of aryl methyl sites for hydroxylation is 1. The molecule has 0 spiro atoms. The fourth-order valence-electron chi connectivity index (χ4n) is 2.96. The average Bonchev–Trinajstić information content (AvgIpc) is 2.53. The third-order valence-electron chi connectivity index (χ3n) is 4.05. The topological polar surface area (TPSA) is 12.0 Å². The molecule has 2 unspecified atom stereocenters. The van der Waals surface area contributed by atoms with E-state index in [0.717, 1.165) is 25.8 Å². The van der Waals surface area contributed by atoms with Crippen molar-refractivity contribution >= 4 is 0 Å². The number of fused-ring (bicyclic) bond motifs is 1. The number of benzene rings is 1. The standard InChI is InChI=1S/C16H23F2N/c1-4-7-19-14-8-10(2)5-6-12-13(17)9-11(3)16(18)15(12)14/h9-10,14,19H,4-8H2,1-3H3. The number of hydrogen-bond acceptors (Lipinski definition) is 1. The predicted octanol–water partition coefficient (Wildman–Crippen LogP) is 4.29. The van der Waals surface area contributed by atoms with Gasteiger partial charge >= 0.3 is 0 Å². The smallest absolute Gasteiger partial charge is 0.131 e. The molecule has 2 rings (SSSR count). The Morgan fingerprint density at radius 2 is 2.11 bits per heavy atom. The molecular weight excluding hydrogens is 244 g/mol. The van der Waals surface area contributed by atoms with Gasteiger partial charge in [-0.15, -0.1) is 0 Å². The van der Waals surface area contributed by atoms with Gasteiger partial charge in [0.2, 0.25) is 0 Å². The second-order valence-electron chi connectivity index (χ2n) is 5.77. The predicted molar refractivity (Wildman–Crippen MR) is 74.2 cm³/mol. The third kappa shape index (κ3) is 2.97. The van der Waals surface area contributed by atoms with Gasteiger partial charge in [0.05, 0.1) is 0 Å². The lowest BCUT2D eigenvalue weighted by molar-refractivity contribution is 0.399. The molecule has 1 N–H and O–H groups in total. The number of nitrogens with one attached hydrogen (secondary N) is 1. The Morgan fingerprint density at radius 3 is 2.79 bits per heavy atom. The Bertz CT molecular complexity index is 457. The molecule has 2 atom stereocenters. The van der Waals surface area contributed by atoms with E-state index in [1.54, 1.807) is 6.92 Å². The molecule has 0 aromatic heterocycles. The Labute approximate surface area is 114 Å². The van der Waals surface area contributed by atoms with Crippen molar-refractivity contribution in [3.8, 4) is 0 Å². The summed E-state index contributed by atoms with van der Waals surface area (Å²) in [5.74, 6) is 0.0197. The molecule has 106 valence electrons. The fourth-order valence-corrected chi connectivity index (χ4v) is 2.96. The number of halogens is 2. The molecule has 1 aliphatic rings. The number of hydrogen-bond donors (Lipinski definition) is 1. The Kier molecular flexibility index (Phi) is 4.56. The maximum absolute atomic E-state index is 14.4. The van der Waals surface area contributed by atoms with Gasteiger partial charge in [-0.2, -0.15) is 0 Å². The molecule has 0 saturated carbocycles. The minimum Gasteiger partial charge on any atom is -0.310 e. The van der Waals surface area contributed by atoms with E-state index < -0.39 is 0 Å². The van der Waals surface area contributed by atoms with E-state index in [1.165, 1.54) is 6.07 Å². The highest BCUT2D eigenvalue weighted by Gasteiger charge is 2.28. The lowest BCUT2D eigenvalue weighted by atomic mass is 9.94. The fraction of sp³-hybridized carbons (Fsp3) is 0.625. The van der Waals surface area contributed by atoms with E-state index >= 15 is 0 Å². The van der Waals surface area contributed by atoms with Crippen LogP contribution in [0.3, 0.4) is 0 Å². The molecule has 3 heteroatoms. The zero-order chi connectivity index (χ0) is 14.0. The summed E-state index contributed by atoms with van der Waals surface area (Å²) in [6.07, 6.45) is 3.45. The summed E-state index contributed by atoms with van der Waals surface area (Å²) < 4.78 is 28.6. The second-order valence-corrected chi connectivity index (χ2v) is 5.77. The first-order chi connectivity index (χ1) is 9.04. The molecule has 0 aliphatic heterocycles. The monoisotopic (exact) mass is 267 g/mol. The molecule has 1 aromatic rings. The highest BCUT2D eigenvalue weighted by Crippen LogP contribution is 2.36. The summed E-state index contributed by atoms with van der Waals surface area (Å²) in [6, 6.07) is 1.28. The van der Waals surface area contributed by atoms with Crippen molar-refractivity contribution < 1.29 is 8.78 Å². The van der Waals surface area contributed by atoms with Gasteiger partial charge in [-0.3, -0.25) is 0 Å². The summed E-state index contributed by atoms with van der Waals surface area (Å²) in [5, 5.41) is 3.39. The first kappa shape index (κ1) is 14.4. The quantitative estimate of drug-likeness (QED) is 0.806. The van der Waals surface area contributed by atoms with Crippen molar-refractivity contribution in [3.05, 3.63) is 34.4 Å². The van der Waals surface area contributed by atoms with Crippen LogP contribution in [0.5, 0.6) is 0 Å². The van der Waals surface area contributed by atoms with Crippen molar-refractivity contribution in [2.75, 3.05) is 6.54 Å². The zero-order valence-electron chi connectivity index (χ0n) is 12.0. The highest BCUT2D eigenvalue weighted by atomic mass is 19.1. The zero-order valence-corrected chi connectivity index (χ0v) is 12.0.